The molecular formula is C10H17F3N2O. The van der Waals surface area contributed by atoms with Gasteiger partial charge in [-0.1, -0.05) is 0 Å². The maximum atomic E-state index is 11.8. The van der Waals surface area contributed by atoms with Gasteiger partial charge < -0.3 is 11.1 Å². The first-order valence-electron chi connectivity index (χ1n) is 5.45. The van der Waals surface area contributed by atoms with Gasteiger partial charge in [0.05, 0.1) is 5.41 Å². The Morgan fingerprint density at radius 2 is 1.94 bits per heavy atom. The number of carbonyl (C=O) groups is 1. The molecular weight excluding hydrogens is 221 g/mol. The molecule has 0 atom stereocenters. The van der Waals surface area contributed by atoms with Gasteiger partial charge in [-0.2, -0.15) is 13.2 Å². The smallest absolute Gasteiger partial charge is 0.356 e. The van der Waals surface area contributed by atoms with E-state index in [0.717, 1.165) is 12.8 Å². The Morgan fingerprint density at radius 1 is 1.31 bits per heavy atom. The minimum absolute atomic E-state index is 0.0550. The molecule has 1 aliphatic rings. The zero-order valence-corrected chi connectivity index (χ0v) is 9.07. The summed E-state index contributed by atoms with van der Waals surface area (Å²) in [4.78, 5) is 11.5. The third kappa shape index (κ3) is 4.00. The van der Waals surface area contributed by atoms with Crippen LogP contribution in [-0.2, 0) is 4.79 Å². The van der Waals surface area contributed by atoms with Gasteiger partial charge in [0.15, 0.2) is 0 Å². The van der Waals surface area contributed by atoms with E-state index in [2.05, 4.69) is 5.32 Å². The fourth-order valence-corrected chi connectivity index (χ4v) is 1.51. The summed E-state index contributed by atoms with van der Waals surface area (Å²) in [7, 11) is 0. The van der Waals surface area contributed by atoms with Crippen molar-refractivity contribution in [3.8, 4) is 0 Å². The molecule has 0 bridgehead atoms. The summed E-state index contributed by atoms with van der Waals surface area (Å²) in [6.07, 6.45) is -2.90. The summed E-state index contributed by atoms with van der Waals surface area (Å²) in [5.41, 5.74) is 5.03. The van der Waals surface area contributed by atoms with Crippen LogP contribution in [0, 0.1) is 5.41 Å². The molecule has 0 aromatic heterocycles. The largest absolute Gasteiger partial charge is 0.389 e. The first-order valence-corrected chi connectivity index (χ1v) is 5.45. The molecule has 3 nitrogen and oxygen atoms in total. The molecule has 94 valence electrons. The van der Waals surface area contributed by atoms with Crippen LogP contribution in [0.25, 0.3) is 0 Å². The van der Waals surface area contributed by atoms with E-state index in [-0.39, 0.29) is 12.3 Å². The van der Waals surface area contributed by atoms with Crippen molar-refractivity contribution in [1.82, 2.24) is 5.32 Å². The van der Waals surface area contributed by atoms with Crippen molar-refractivity contribution in [2.75, 3.05) is 13.1 Å². The lowest BCUT2D eigenvalue weighted by Crippen LogP contribution is -2.37. The summed E-state index contributed by atoms with van der Waals surface area (Å²) in [6, 6.07) is 0. The summed E-state index contributed by atoms with van der Waals surface area (Å²) in [5.74, 6) is -0.109. The van der Waals surface area contributed by atoms with Gasteiger partial charge in [-0.25, -0.2) is 0 Å². The van der Waals surface area contributed by atoms with E-state index < -0.39 is 18.0 Å². The maximum Gasteiger partial charge on any atom is 0.389 e. The molecule has 0 aliphatic heterocycles. The molecule has 16 heavy (non-hydrogen) atoms. The molecule has 1 rings (SSSR count). The number of nitrogens with two attached hydrogens (primary N) is 1. The maximum absolute atomic E-state index is 11.8. The van der Waals surface area contributed by atoms with Crippen LogP contribution in [0.15, 0.2) is 0 Å². The third-order valence-corrected chi connectivity index (χ3v) is 2.90. The highest BCUT2D eigenvalue weighted by molar-refractivity contribution is 5.85. The highest BCUT2D eigenvalue weighted by atomic mass is 19.4. The number of unbranched alkanes of at least 4 members (excludes halogenated alkanes) is 1. The Bertz CT molecular complexity index is 249. The Morgan fingerprint density at radius 3 is 2.38 bits per heavy atom. The normalized spacial score (nSPS) is 18.2. The van der Waals surface area contributed by atoms with Crippen molar-refractivity contribution >= 4 is 5.91 Å². The topological polar surface area (TPSA) is 55.1 Å². The summed E-state index contributed by atoms with van der Waals surface area (Å²) in [5, 5.41) is 2.64. The van der Waals surface area contributed by atoms with Gasteiger partial charge in [-0.05, 0) is 25.7 Å². The zero-order valence-electron chi connectivity index (χ0n) is 9.07. The lowest BCUT2D eigenvalue weighted by Gasteiger charge is -2.12. The van der Waals surface area contributed by atoms with Gasteiger partial charge >= 0.3 is 6.18 Å². The summed E-state index contributed by atoms with van der Waals surface area (Å²) in [6.45, 7) is 0.623. The molecule has 1 fully saturated rings. The first kappa shape index (κ1) is 13.3. The van der Waals surface area contributed by atoms with Gasteiger partial charge in [0.25, 0.3) is 0 Å². The van der Waals surface area contributed by atoms with E-state index >= 15 is 0 Å². The molecule has 0 radical (unpaired) electrons. The predicted molar refractivity (Wildman–Crippen MR) is 53.6 cm³/mol. The Balaban J connectivity index is 2.06. The van der Waals surface area contributed by atoms with Crippen molar-refractivity contribution < 1.29 is 18.0 Å². The fraction of sp³-hybridized carbons (Fsp3) is 0.900. The van der Waals surface area contributed by atoms with Crippen molar-refractivity contribution in [2.24, 2.45) is 11.1 Å². The first-order chi connectivity index (χ1) is 7.40. The van der Waals surface area contributed by atoms with Gasteiger partial charge in [0.2, 0.25) is 5.91 Å². The number of alkyl halides is 3. The van der Waals surface area contributed by atoms with E-state index in [0.29, 0.717) is 19.5 Å². The lowest BCUT2D eigenvalue weighted by atomic mass is 10.1. The molecule has 0 unspecified atom stereocenters. The van der Waals surface area contributed by atoms with Gasteiger partial charge in [-0.15, -0.1) is 0 Å². The highest BCUT2D eigenvalue weighted by Crippen LogP contribution is 2.44. The molecule has 6 heteroatoms. The number of amides is 1. The van der Waals surface area contributed by atoms with Crippen LogP contribution in [0.3, 0.4) is 0 Å². The second kappa shape index (κ2) is 5.03. The minimum Gasteiger partial charge on any atom is -0.356 e. The van der Waals surface area contributed by atoms with E-state index in [9.17, 15) is 18.0 Å². The molecule has 0 aromatic carbocycles. The Hall–Kier alpha value is -0.780. The monoisotopic (exact) mass is 238 g/mol. The minimum atomic E-state index is -4.10. The van der Waals surface area contributed by atoms with E-state index in [1.54, 1.807) is 0 Å². The Kier molecular flexibility index (Phi) is 4.18. The van der Waals surface area contributed by atoms with E-state index in [1.807, 2.05) is 0 Å². The molecule has 1 amide bonds. The van der Waals surface area contributed by atoms with Gasteiger partial charge in [-0.3, -0.25) is 4.79 Å². The van der Waals surface area contributed by atoms with Gasteiger partial charge in [0.1, 0.15) is 0 Å². The molecule has 0 saturated heterocycles. The summed E-state index contributed by atoms with van der Waals surface area (Å²) < 4.78 is 35.4. The average molecular weight is 238 g/mol. The average Bonchev–Trinajstić information content (AvgIpc) is 2.95. The zero-order chi connectivity index (χ0) is 12.2. The van der Waals surface area contributed by atoms with Crippen LogP contribution in [-0.4, -0.2) is 25.2 Å². The third-order valence-electron chi connectivity index (χ3n) is 2.90. The van der Waals surface area contributed by atoms with Crippen molar-refractivity contribution in [2.45, 2.75) is 38.3 Å². The van der Waals surface area contributed by atoms with Crippen LogP contribution < -0.4 is 11.1 Å². The van der Waals surface area contributed by atoms with Gasteiger partial charge in [0, 0.05) is 19.5 Å². The SMILES string of the molecule is NCC1(C(=O)NCCCCC(F)(F)F)CC1. The van der Waals surface area contributed by atoms with Crippen LogP contribution >= 0.6 is 0 Å². The predicted octanol–water partition coefficient (Wildman–Crippen LogP) is 1.57. The fourth-order valence-electron chi connectivity index (χ4n) is 1.51. The van der Waals surface area contributed by atoms with Crippen molar-refractivity contribution in [1.29, 1.82) is 0 Å². The number of hydrogen-bond acceptors (Lipinski definition) is 2. The van der Waals surface area contributed by atoms with Crippen molar-refractivity contribution in [3.05, 3.63) is 0 Å². The van der Waals surface area contributed by atoms with Crippen LogP contribution in [0.1, 0.15) is 32.1 Å². The number of carbonyl (C=O) groups excluding carboxylic acids is 1. The standard InChI is InChI=1S/C10H17F3N2O/c11-10(12,13)3-1-2-6-15-8(16)9(7-14)4-5-9/h1-7,14H2,(H,15,16). The van der Waals surface area contributed by atoms with Crippen LogP contribution in [0.2, 0.25) is 0 Å². The lowest BCUT2D eigenvalue weighted by molar-refractivity contribution is -0.135. The number of hydrogen-bond donors (Lipinski definition) is 2. The van der Waals surface area contributed by atoms with Crippen LogP contribution in [0.4, 0.5) is 13.2 Å². The van der Waals surface area contributed by atoms with E-state index in [4.69, 9.17) is 5.73 Å². The van der Waals surface area contributed by atoms with E-state index in [1.165, 1.54) is 0 Å². The quantitative estimate of drug-likeness (QED) is 0.690. The number of rotatable bonds is 6. The molecule has 3 N–H and O–H groups in total. The van der Waals surface area contributed by atoms with Crippen molar-refractivity contribution in [3.63, 3.8) is 0 Å². The number of halogens is 3. The summed E-state index contributed by atoms with van der Waals surface area (Å²) >= 11 is 0. The Labute approximate surface area is 92.6 Å². The molecule has 1 aliphatic carbocycles. The molecule has 0 heterocycles. The molecule has 0 aromatic rings. The number of nitrogens with one attached hydrogen (secondary N) is 1. The highest BCUT2D eigenvalue weighted by Gasteiger charge is 2.48. The second-order valence-electron chi connectivity index (χ2n) is 4.31. The molecule has 1 saturated carbocycles. The van der Waals surface area contributed by atoms with Crippen LogP contribution in [0.5, 0.6) is 0 Å². The molecule has 0 spiro atoms. The second-order valence-corrected chi connectivity index (χ2v) is 4.31.